The van der Waals surface area contributed by atoms with Crippen LogP contribution in [0, 0.1) is 0 Å². The minimum Gasteiger partial charge on any atom is -0.494 e. The van der Waals surface area contributed by atoms with E-state index in [9.17, 15) is 13.2 Å². The van der Waals surface area contributed by atoms with E-state index in [1.54, 1.807) is 12.1 Å². The highest BCUT2D eigenvalue weighted by atomic mass is 32.2. The Morgan fingerprint density at radius 1 is 1.15 bits per heavy atom. The van der Waals surface area contributed by atoms with Crippen LogP contribution in [0.1, 0.15) is 40.5 Å². The summed E-state index contributed by atoms with van der Waals surface area (Å²) in [6.07, 6.45) is 1.96. The number of rotatable bonds is 10. The van der Waals surface area contributed by atoms with Crippen molar-refractivity contribution in [3.8, 4) is 5.75 Å². The molecule has 7 nitrogen and oxygen atoms in total. The van der Waals surface area contributed by atoms with Crippen LogP contribution in [-0.2, 0) is 19.3 Å². The van der Waals surface area contributed by atoms with E-state index >= 15 is 0 Å². The number of sulfonamides is 1. The van der Waals surface area contributed by atoms with Crippen LogP contribution in [0.15, 0.2) is 29.2 Å². The summed E-state index contributed by atoms with van der Waals surface area (Å²) in [5, 5.41) is -0.0687. The van der Waals surface area contributed by atoms with Crippen LogP contribution in [-0.4, -0.2) is 35.8 Å². The summed E-state index contributed by atoms with van der Waals surface area (Å²) in [6, 6.07) is 6.11. The molecule has 0 spiro atoms. The number of hydrogen-bond acceptors (Lipinski definition) is 5. The Labute approximate surface area is 164 Å². The maximum atomic E-state index is 12.3. The van der Waals surface area contributed by atoms with Crippen molar-refractivity contribution in [2.75, 3.05) is 13.2 Å². The number of amides is 1. The van der Waals surface area contributed by atoms with Gasteiger partial charge in [-0.05, 0) is 48.8 Å². The van der Waals surface area contributed by atoms with Gasteiger partial charge in [-0.15, -0.1) is 0 Å². The summed E-state index contributed by atoms with van der Waals surface area (Å²) in [5.41, 5.74) is 2.37. The van der Waals surface area contributed by atoms with Crippen molar-refractivity contribution >= 4 is 24.2 Å². The average Bonchev–Trinajstić information content (AvgIpc) is 2.58. The van der Waals surface area contributed by atoms with Crippen LogP contribution in [0.5, 0.6) is 5.75 Å². The fraction of sp³-hybridized carbons (Fsp3) is 0.611. The third kappa shape index (κ3) is 7.61. The molecule has 0 saturated carbocycles. The van der Waals surface area contributed by atoms with E-state index in [2.05, 4.69) is 17.1 Å². The highest BCUT2D eigenvalue weighted by molar-refractivity contribution is 7.89. The van der Waals surface area contributed by atoms with Crippen molar-refractivity contribution in [3.05, 3.63) is 24.3 Å². The lowest BCUT2D eigenvalue weighted by Gasteiger charge is -2.35. The molecule has 0 radical (unpaired) electrons. The van der Waals surface area contributed by atoms with Crippen molar-refractivity contribution in [3.63, 3.8) is 0 Å². The predicted molar refractivity (Wildman–Crippen MR) is 108 cm³/mol. The van der Waals surface area contributed by atoms with Crippen LogP contribution in [0.3, 0.4) is 0 Å². The average molecular weight is 417 g/mol. The molecule has 27 heavy (non-hydrogen) atoms. The Morgan fingerprint density at radius 2 is 1.74 bits per heavy atom. The molecule has 1 aromatic rings. The molecule has 0 saturated heterocycles. The maximum absolute atomic E-state index is 12.3. The monoisotopic (exact) mass is 416 g/mol. The lowest BCUT2D eigenvalue weighted by Crippen LogP contribution is -2.48. The highest BCUT2D eigenvalue weighted by Gasteiger charge is 2.38. The van der Waals surface area contributed by atoms with Crippen LogP contribution >= 0.6 is 0 Å². The van der Waals surface area contributed by atoms with Gasteiger partial charge in [-0.2, -0.15) is 0 Å². The van der Waals surface area contributed by atoms with E-state index in [1.165, 1.54) is 12.1 Å². The largest absolute Gasteiger partial charge is 0.494 e. The van der Waals surface area contributed by atoms with Crippen LogP contribution in [0.25, 0.3) is 0 Å². The first-order chi connectivity index (χ1) is 12.4. The number of carbonyl (C=O) groups is 1. The van der Waals surface area contributed by atoms with Gasteiger partial charge in [0.05, 0.1) is 18.0 Å². The lowest BCUT2D eigenvalue weighted by molar-refractivity contribution is -0.127. The molecule has 0 aliphatic carbocycles. The third-order valence-corrected chi connectivity index (χ3v) is 10.2. The number of hydroxylamine groups is 1. The SMILES string of the molecule is CCCCOc1ccc(S(=O)(=O)NCC(=O)NO[Si](C)(C)C(C)(C)C)cc1. The second-order valence-corrected chi connectivity index (χ2v) is 14.4. The number of hydrogen-bond donors (Lipinski definition) is 2. The van der Waals surface area contributed by atoms with Gasteiger partial charge < -0.3 is 9.26 Å². The second-order valence-electron chi connectivity index (χ2n) is 7.89. The van der Waals surface area contributed by atoms with Gasteiger partial charge >= 0.3 is 0 Å². The van der Waals surface area contributed by atoms with Gasteiger partial charge in [0.15, 0.2) is 0 Å². The lowest BCUT2D eigenvalue weighted by atomic mass is 10.2. The van der Waals surface area contributed by atoms with E-state index in [0.29, 0.717) is 12.4 Å². The standard InChI is InChI=1S/C18H32N2O5SSi/c1-7-8-13-24-15-9-11-16(12-10-15)26(22,23)19-14-17(21)20-25-27(5,6)18(2,3)4/h9-12,19H,7-8,13-14H2,1-6H3,(H,20,21). The zero-order chi connectivity index (χ0) is 20.7. The molecule has 2 N–H and O–H groups in total. The van der Waals surface area contributed by atoms with Crippen molar-refractivity contribution in [1.82, 2.24) is 10.2 Å². The molecule has 0 aliphatic heterocycles. The van der Waals surface area contributed by atoms with E-state index in [1.807, 2.05) is 33.9 Å². The number of unbranched alkanes of at least 4 members (excludes halogenated alkanes) is 1. The molecular formula is C18H32N2O5SSi. The van der Waals surface area contributed by atoms with E-state index in [-0.39, 0.29) is 9.93 Å². The minimum atomic E-state index is -3.79. The molecule has 154 valence electrons. The predicted octanol–water partition coefficient (Wildman–Crippen LogP) is 3.20. The fourth-order valence-corrected chi connectivity index (χ4v) is 3.32. The molecule has 1 aromatic carbocycles. The summed E-state index contributed by atoms with van der Waals surface area (Å²) >= 11 is 0. The van der Waals surface area contributed by atoms with E-state index in [0.717, 1.165) is 12.8 Å². The van der Waals surface area contributed by atoms with Crippen molar-refractivity contribution in [2.45, 2.75) is 63.6 Å². The van der Waals surface area contributed by atoms with Crippen molar-refractivity contribution < 1.29 is 22.5 Å². The molecule has 0 fully saturated rings. The Hall–Kier alpha value is -1.42. The maximum Gasteiger partial charge on any atom is 0.257 e. The van der Waals surface area contributed by atoms with Gasteiger partial charge in [0.25, 0.3) is 5.91 Å². The molecule has 9 heteroatoms. The molecule has 1 rings (SSSR count). The van der Waals surface area contributed by atoms with Gasteiger partial charge in [-0.1, -0.05) is 34.1 Å². The molecule has 0 atom stereocenters. The number of nitrogens with one attached hydrogen (secondary N) is 2. The Morgan fingerprint density at radius 3 is 2.26 bits per heavy atom. The van der Waals surface area contributed by atoms with Gasteiger partial charge in [-0.3, -0.25) is 4.79 Å². The normalized spacial score (nSPS) is 12.7. The Bertz CT molecular complexity index is 712. The fourth-order valence-electron chi connectivity index (χ4n) is 1.67. The number of ether oxygens (including phenoxy) is 1. The summed E-state index contributed by atoms with van der Waals surface area (Å²) < 4.78 is 38.0. The first kappa shape index (κ1) is 23.6. The van der Waals surface area contributed by atoms with E-state index < -0.39 is 30.8 Å². The summed E-state index contributed by atoms with van der Waals surface area (Å²) in [7, 11) is -5.94. The van der Waals surface area contributed by atoms with Crippen molar-refractivity contribution in [2.24, 2.45) is 0 Å². The first-order valence-electron chi connectivity index (χ1n) is 9.08. The zero-order valence-electron chi connectivity index (χ0n) is 17.1. The second kappa shape index (κ2) is 9.68. The quantitative estimate of drug-likeness (QED) is 0.347. The Kier molecular flexibility index (Phi) is 8.46. The zero-order valence-corrected chi connectivity index (χ0v) is 18.9. The van der Waals surface area contributed by atoms with Gasteiger partial charge in [0.2, 0.25) is 18.3 Å². The van der Waals surface area contributed by atoms with Crippen LogP contribution in [0.4, 0.5) is 0 Å². The van der Waals surface area contributed by atoms with Gasteiger partial charge in [0, 0.05) is 0 Å². The molecular weight excluding hydrogens is 384 g/mol. The van der Waals surface area contributed by atoms with E-state index in [4.69, 9.17) is 9.26 Å². The molecule has 1 amide bonds. The topological polar surface area (TPSA) is 93.7 Å². The summed E-state index contributed by atoms with van der Waals surface area (Å²) in [5.74, 6) is 0.0748. The molecule has 0 bridgehead atoms. The minimum absolute atomic E-state index is 0.0687. The Balaban J connectivity index is 2.56. The van der Waals surface area contributed by atoms with Gasteiger partial charge in [-0.25, -0.2) is 18.6 Å². The third-order valence-electron chi connectivity index (χ3n) is 4.55. The van der Waals surface area contributed by atoms with Crippen molar-refractivity contribution in [1.29, 1.82) is 0 Å². The van der Waals surface area contributed by atoms with Crippen LogP contribution in [0.2, 0.25) is 18.1 Å². The molecule has 0 aromatic heterocycles. The molecule has 0 aliphatic rings. The highest BCUT2D eigenvalue weighted by Crippen LogP contribution is 2.35. The molecule has 0 unspecified atom stereocenters. The molecule has 0 heterocycles. The smallest absolute Gasteiger partial charge is 0.257 e. The van der Waals surface area contributed by atoms with Crippen LogP contribution < -0.4 is 14.9 Å². The number of carbonyl (C=O) groups excluding carboxylic acids is 1. The van der Waals surface area contributed by atoms with Gasteiger partial charge in [0.1, 0.15) is 5.75 Å². The first-order valence-corrected chi connectivity index (χ1v) is 13.5. The summed E-state index contributed by atoms with van der Waals surface area (Å²) in [6.45, 7) is 12.4. The number of benzene rings is 1. The summed E-state index contributed by atoms with van der Waals surface area (Å²) in [4.78, 5) is 12.0.